The van der Waals surface area contributed by atoms with E-state index in [-0.39, 0.29) is 71.4 Å². The van der Waals surface area contributed by atoms with Gasteiger partial charge >= 0.3 is 5.97 Å². The van der Waals surface area contributed by atoms with Crippen LogP contribution in [0.15, 0.2) is 81.8 Å². The number of allylic oxidation sites excluding steroid dienone is 4. The van der Waals surface area contributed by atoms with E-state index in [0.29, 0.717) is 11.3 Å². The van der Waals surface area contributed by atoms with Crippen molar-refractivity contribution in [2.45, 2.75) is 66.2 Å². The summed E-state index contributed by atoms with van der Waals surface area (Å²) in [6.45, 7) is 9.58. The molecule has 0 atom stereocenters. The molecule has 2 N–H and O–H groups in total. The summed E-state index contributed by atoms with van der Waals surface area (Å²) in [6, 6.07) is 15.5. The Bertz CT molecular complexity index is 1570. The summed E-state index contributed by atoms with van der Waals surface area (Å²) in [6.07, 6.45) is 0.954. The van der Waals surface area contributed by atoms with E-state index in [0.717, 1.165) is 11.1 Å². The predicted octanol–water partition coefficient (Wildman–Crippen LogP) is 7.36. The van der Waals surface area contributed by atoms with E-state index in [1.165, 1.54) is 6.07 Å². The Morgan fingerprint density at radius 3 is 1.86 bits per heavy atom. The van der Waals surface area contributed by atoms with Crippen LogP contribution in [0.2, 0.25) is 0 Å². The van der Waals surface area contributed by atoms with E-state index >= 15 is 0 Å². The second-order valence-electron chi connectivity index (χ2n) is 12.9. The number of nitrogens with zero attached hydrogens (tertiary/aromatic N) is 1. The molecule has 42 heavy (non-hydrogen) atoms. The molecule has 218 valence electrons. The molecular formula is C34H35NO7. The molecule has 2 aliphatic carbocycles. The van der Waals surface area contributed by atoms with Gasteiger partial charge in [0.2, 0.25) is 0 Å². The van der Waals surface area contributed by atoms with Gasteiger partial charge in [-0.3, -0.25) is 9.59 Å². The molecule has 2 aliphatic rings. The molecule has 0 saturated heterocycles. The molecule has 0 fully saturated rings. The van der Waals surface area contributed by atoms with E-state index < -0.39 is 22.7 Å². The third kappa shape index (κ3) is 5.93. The summed E-state index contributed by atoms with van der Waals surface area (Å²) in [5, 5.41) is 26.0. The van der Waals surface area contributed by atoms with Crippen molar-refractivity contribution in [3.8, 4) is 17.1 Å². The Labute approximate surface area is 244 Å². The second kappa shape index (κ2) is 10.7. The number of ketones is 2. The van der Waals surface area contributed by atoms with Crippen LogP contribution in [0, 0.1) is 17.8 Å². The van der Waals surface area contributed by atoms with Crippen LogP contribution in [-0.2, 0) is 9.59 Å². The Balaban J connectivity index is 1.45. The zero-order chi connectivity index (χ0) is 30.4. The molecule has 3 aromatic rings. The smallest absolute Gasteiger partial charge is 0.365 e. The maximum absolute atomic E-state index is 13.4. The van der Waals surface area contributed by atoms with Crippen LogP contribution < -0.4 is 4.74 Å². The van der Waals surface area contributed by atoms with Crippen molar-refractivity contribution in [3.05, 3.63) is 94.1 Å². The number of carbonyl (C=O) groups is 3. The number of ether oxygens (including phenoxy) is 1. The fourth-order valence-corrected chi connectivity index (χ4v) is 5.85. The molecular weight excluding hydrogens is 534 g/mol. The van der Waals surface area contributed by atoms with Crippen molar-refractivity contribution < 1.29 is 33.9 Å². The molecule has 0 radical (unpaired) electrons. The highest BCUT2D eigenvalue weighted by Gasteiger charge is 2.43. The SMILES string of the molecule is Cc1ccc(-c2cc(C(=O)Oc3ccc(C(C4=C(O)CC(C)(C)CC4=O)C4=C(O)CC(C)(C)CC4=O)cc3)no2)cc1. The number of aromatic nitrogens is 1. The topological polar surface area (TPSA) is 127 Å². The number of esters is 1. The number of hydrogen-bond acceptors (Lipinski definition) is 8. The van der Waals surface area contributed by atoms with Crippen LogP contribution in [0.4, 0.5) is 0 Å². The van der Waals surface area contributed by atoms with Crippen molar-refractivity contribution in [3.63, 3.8) is 0 Å². The molecule has 2 aromatic carbocycles. The molecule has 0 aliphatic heterocycles. The summed E-state index contributed by atoms with van der Waals surface area (Å²) in [4.78, 5) is 39.6. The van der Waals surface area contributed by atoms with Crippen LogP contribution in [0.5, 0.6) is 5.75 Å². The minimum absolute atomic E-state index is 0.00326. The van der Waals surface area contributed by atoms with Gasteiger partial charge in [-0.05, 0) is 35.4 Å². The zero-order valence-corrected chi connectivity index (χ0v) is 24.5. The Hall–Kier alpha value is -4.46. The van der Waals surface area contributed by atoms with Gasteiger partial charge in [-0.25, -0.2) is 4.79 Å². The van der Waals surface area contributed by atoms with Crippen molar-refractivity contribution in [2.75, 3.05) is 0 Å². The Kier molecular flexibility index (Phi) is 7.43. The zero-order valence-electron chi connectivity index (χ0n) is 24.5. The van der Waals surface area contributed by atoms with Gasteiger partial charge in [-0.2, -0.15) is 0 Å². The average molecular weight is 570 g/mol. The minimum Gasteiger partial charge on any atom is -0.512 e. The largest absolute Gasteiger partial charge is 0.512 e. The van der Waals surface area contributed by atoms with Gasteiger partial charge in [0.05, 0.1) is 0 Å². The molecule has 0 saturated carbocycles. The molecule has 1 aromatic heterocycles. The van der Waals surface area contributed by atoms with Gasteiger partial charge in [-0.1, -0.05) is 74.8 Å². The highest BCUT2D eigenvalue weighted by molar-refractivity contribution is 6.05. The maximum Gasteiger partial charge on any atom is 0.365 e. The minimum atomic E-state index is -0.949. The number of aliphatic hydroxyl groups is 2. The summed E-state index contributed by atoms with van der Waals surface area (Å²) in [5.41, 5.74) is 1.78. The molecule has 5 rings (SSSR count). The second-order valence-corrected chi connectivity index (χ2v) is 12.9. The highest BCUT2D eigenvalue weighted by Crippen LogP contribution is 2.48. The summed E-state index contributed by atoms with van der Waals surface area (Å²) >= 11 is 0. The van der Waals surface area contributed by atoms with E-state index in [4.69, 9.17) is 9.26 Å². The summed E-state index contributed by atoms with van der Waals surface area (Å²) in [5.74, 6) is -1.70. The van der Waals surface area contributed by atoms with Crippen LogP contribution in [0.3, 0.4) is 0 Å². The Morgan fingerprint density at radius 2 is 1.36 bits per heavy atom. The third-order valence-corrected chi connectivity index (χ3v) is 7.85. The van der Waals surface area contributed by atoms with E-state index in [9.17, 15) is 24.6 Å². The number of rotatable bonds is 6. The third-order valence-electron chi connectivity index (χ3n) is 7.85. The van der Waals surface area contributed by atoms with Crippen molar-refractivity contribution in [2.24, 2.45) is 10.8 Å². The molecule has 0 unspecified atom stereocenters. The molecule has 8 nitrogen and oxygen atoms in total. The van der Waals surface area contributed by atoms with Crippen molar-refractivity contribution in [1.82, 2.24) is 5.16 Å². The lowest BCUT2D eigenvalue weighted by Gasteiger charge is -2.36. The van der Waals surface area contributed by atoms with Gasteiger partial charge in [-0.15, -0.1) is 0 Å². The number of aliphatic hydroxyl groups excluding tert-OH is 2. The van der Waals surface area contributed by atoms with Gasteiger partial charge in [0.1, 0.15) is 17.3 Å². The quantitative estimate of drug-likeness (QED) is 0.233. The lowest BCUT2D eigenvalue weighted by Crippen LogP contribution is -2.33. The van der Waals surface area contributed by atoms with Gasteiger partial charge < -0.3 is 19.5 Å². The summed E-state index contributed by atoms with van der Waals surface area (Å²) in [7, 11) is 0. The number of carbonyl (C=O) groups excluding carboxylic acids is 3. The first-order valence-corrected chi connectivity index (χ1v) is 14.0. The van der Waals surface area contributed by atoms with Gasteiger partial charge in [0.15, 0.2) is 23.0 Å². The fraction of sp³-hybridized carbons (Fsp3) is 0.353. The van der Waals surface area contributed by atoms with E-state index in [1.807, 2.05) is 58.9 Å². The average Bonchev–Trinajstić information content (AvgIpc) is 3.37. The molecule has 0 spiro atoms. The standard InChI is InChI=1S/C34H35NO7/c1-19-6-8-20(9-7-19)28-14-23(35-42-28)32(40)41-22-12-10-21(11-13-22)29(30-24(36)15-33(2,3)16-25(30)37)31-26(38)17-34(4,5)18-27(31)39/h6-14,29,36,38H,15-18H2,1-5H3. The molecule has 0 bridgehead atoms. The van der Waals surface area contributed by atoms with Crippen LogP contribution in [0.25, 0.3) is 11.3 Å². The van der Waals surface area contributed by atoms with E-state index in [2.05, 4.69) is 5.16 Å². The number of hydrogen-bond donors (Lipinski definition) is 2. The van der Waals surface area contributed by atoms with Gasteiger partial charge in [0.25, 0.3) is 0 Å². The first-order chi connectivity index (χ1) is 19.7. The maximum atomic E-state index is 13.4. The first-order valence-electron chi connectivity index (χ1n) is 14.0. The Morgan fingerprint density at radius 1 is 0.833 bits per heavy atom. The number of benzene rings is 2. The predicted molar refractivity (Wildman–Crippen MR) is 156 cm³/mol. The number of aryl methyl sites for hydroxylation is 1. The van der Waals surface area contributed by atoms with Crippen LogP contribution in [0.1, 0.15) is 80.9 Å². The lowest BCUT2D eigenvalue weighted by molar-refractivity contribution is -0.119. The molecule has 0 amide bonds. The van der Waals surface area contributed by atoms with Crippen molar-refractivity contribution >= 4 is 17.5 Å². The van der Waals surface area contributed by atoms with Gasteiger partial charge in [0, 0.05) is 54.4 Å². The van der Waals surface area contributed by atoms with E-state index in [1.54, 1.807) is 24.3 Å². The normalized spacial score (nSPS) is 18.5. The number of Topliss-reactive ketones (excluding diaryl/α,β-unsaturated/α-hetero) is 2. The first kappa shape index (κ1) is 29.0. The van der Waals surface area contributed by atoms with Crippen molar-refractivity contribution in [1.29, 1.82) is 0 Å². The van der Waals surface area contributed by atoms with Crippen LogP contribution in [-0.4, -0.2) is 32.9 Å². The molecule has 1 heterocycles. The monoisotopic (exact) mass is 569 g/mol. The summed E-state index contributed by atoms with van der Waals surface area (Å²) < 4.78 is 10.8. The van der Waals surface area contributed by atoms with Crippen LogP contribution >= 0.6 is 0 Å². The lowest BCUT2D eigenvalue weighted by atomic mass is 9.67. The highest BCUT2D eigenvalue weighted by atomic mass is 16.5. The molecule has 8 heteroatoms. The fourth-order valence-electron chi connectivity index (χ4n) is 5.85.